The molecule has 0 N–H and O–H groups in total. The Morgan fingerprint density at radius 3 is 2.71 bits per heavy atom. The molecule has 0 bridgehead atoms. The minimum absolute atomic E-state index is 0.344. The zero-order chi connectivity index (χ0) is 10.1. The summed E-state index contributed by atoms with van der Waals surface area (Å²) in [5, 5.41) is 0.589. The molecule has 1 aromatic carbocycles. The second-order valence-electron chi connectivity index (χ2n) is 2.67. The maximum Gasteiger partial charge on any atom is 0.351 e. The van der Waals surface area contributed by atoms with E-state index in [0.29, 0.717) is 11.0 Å². The molecule has 5 heteroatoms. The molecule has 4 nitrogen and oxygen atoms in total. The summed E-state index contributed by atoms with van der Waals surface area (Å²) >= 11 is -2.55. The van der Waals surface area contributed by atoms with Crippen LogP contribution in [-0.2, 0) is 11.1 Å². The molecule has 1 heterocycles. The Morgan fingerprint density at radius 1 is 1.29 bits per heavy atom. The molecule has 1 unspecified atom stereocenters. The Bertz CT molecular complexity index is 558. The van der Waals surface area contributed by atoms with Crippen molar-refractivity contribution < 1.29 is 13.2 Å². The summed E-state index contributed by atoms with van der Waals surface area (Å²) in [6, 6.07) is 8.02. The van der Waals surface area contributed by atoms with E-state index in [0.717, 1.165) is 0 Å². The van der Waals surface area contributed by atoms with E-state index in [-0.39, 0.29) is 4.90 Å². The maximum atomic E-state index is 11.1. The van der Waals surface area contributed by atoms with Gasteiger partial charge in [-0.25, -0.2) is 4.79 Å². The van der Waals surface area contributed by atoms with Crippen molar-refractivity contribution in [2.24, 2.45) is 0 Å². The Labute approximate surface area is 81.5 Å². The lowest BCUT2D eigenvalue weighted by Crippen LogP contribution is -2.08. The topological polar surface area (TPSA) is 70.3 Å². The summed E-state index contributed by atoms with van der Waals surface area (Å²) in [7, 11) is 0. The zero-order valence-electron chi connectivity index (χ0n) is 6.93. The van der Waals surface area contributed by atoms with Gasteiger partial charge in [-0.05, 0) is 23.2 Å². The molecule has 0 spiro atoms. The van der Waals surface area contributed by atoms with Crippen LogP contribution >= 0.6 is 0 Å². The van der Waals surface area contributed by atoms with Crippen LogP contribution in [0.15, 0.2) is 44.4 Å². The van der Waals surface area contributed by atoms with E-state index in [4.69, 9.17) is 4.42 Å². The molecule has 0 aliphatic carbocycles. The van der Waals surface area contributed by atoms with Crippen molar-refractivity contribution in [3.63, 3.8) is 0 Å². The third kappa shape index (κ3) is 1.47. The van der Waals surface area contributed by atoms with Gasteiger partial charge in [0.2, 0.25) is 0 Å². The van der Waals surface area contributed by atoms with Gasteiger partial charge in [0, 0.05) is 5.39 Å². The SMILES string of the molecule is O=c1oc2ccccc2cc1S(=O)[O-]. The van der Waals surface area contributed by atoms with Crippen LogP contribution in [0.2, 0.25) is 0 Å². The highest BCUT2D eigenvalue weighted by molar-refractivity contribution is 7.79. The molecule has 0 aliphatic heterocycles. The maximum absolute atomic E-state index is 11.1. The van der Waals surface area contributed by atoms with Gasteiger partial charge in [0.25, 0.3) is 0 Å². The molecule has 2 rings (SSSR count). The third-order valence-electron chi connectivity index (χ3n) is 1.79. The molecule has 1 atom stereocenters. The Kier molecular flexibility index (Phi) is 2.18. The predicted octanol–water partition coefficient (Wildman–Crippen LogP) is 1.03. The molecule has 0 radical (unpaired) electrons. The molecule has 14 heavy (non-hydrogen) atoms. The van der Waals surface area contributed by atoms with Crippen molar-refractivity contribution in [1.29, 1.82) is 0 Å². The van der Waals surface area contributed by atoms with E-state index in [1.165, 1.54) is 6.07 Å². The average molecular weight is 209 g/mol. The van der Waals surface area contributed by atoms with Crippen molar-refractivity contribution in [2.45, 2.75) is 4.90 Å². The lowest BCUT2D eigenvalue weighted by atomic mass is 10.2. The molecule has 0 fully saturated rings. The van der Waals surface area contributed by atoms with E-state index in [1.807, 2.05) is 0 Å². The predicted molar refractivity (Wildman–Crippen MR) is 49.7 cm³/mol. The molecule has 0 saturated carbocycles. The number of rotatable bonds is 1. The average Bonchev–Trinajstić information content (AvgIpc) is 2.16. The molecule has 0 amide bonds. The van der Waals surface area contributed by atoms with Gasteiger partial charge in [0.05, 0.1) is 0 Å². The molecule has 1 aromatic heterocycles. The molecular formula is C9H5O4S-. The molecule has 0 aliphatic rings. The van der Waals surface area contributed by atoms with Crippen molar-refractivity contribution in [3.8, 4) is 0 Å². The summed E-state index contributed by atoms with van der Waals surface area (Å²) in [5.74, 6) is 0. The fraction of sp³-hybridized carbons (Fsp3) is 0. The van der Waals surface area contributed by atoms with Crippen LogP contribution in [0, 0.1) is 0 Å². The summed E-state index contributed by atoms with van der Waals surface area (Å²) in [6.07, 6.45) is 0. The van der Waals surface area contributed by atoms with Crippen molar-refractivity contribution in [2.75, 3.05) is 0 Å². The summed E-state index contributed by atoms with van der Waals surface area (Å²) in [4.78, 5) is 10.8. The van der Waals surface area contributed by atoms with E-state index in [1.54, 1.807) is 24.3 Å². The first-order chi connectivity index (χ1) is 6.68. The van der Waals surface area contributed by atoms with Gasteiger partial charge >= 0.3 is 5.63 Å². The van der Waals surface area contributed by atoms with E-state index >= 15 is 0 Å². The molecular weight excluding hydrogens is 204 g/mol. The van der Waals surface area contributed by atoms with Crippen LogP contribution in [-0.4, -0.2) is 8.76 Å². The fourth-order valence-corrected chi connectivity index (χ4v) is 1.56. The van der Waals surface area contributed by atoms with Crippen LogP contribution in [0.25, 0.3) is 11.0 Å². The van der Waals surface area contributed by atoms with E-state index in [2.05, 4.69) is 0 Å². The lowest BCUT2D eigenvalue weighted by molar-refractivity contribution is 0.511. The standard InChI is InChI=1S/C9H6O4S/c10-9-8(14(11)12)5-6-3-1-2-4-7(6)13-9/h1-5H,(H,11,12)/p-1. The Hall–Kier alpha value is -1.46. The van der Waals surface area contributed by atoms with Gasteiger partial charge in [-0.15, -0.1) is 0 Å². The summed E-state index contributed by atoms with van der Waals surface area (Å²) < 4.78 is 26.0. The van der Waals surface area contributed by atoms with Gasteiger partial charge in [0.15, 0.2) is 0 Å². The quantitative estimate of drug-likeness (QED) is 0.519. The van der Waals surface area contributed by atoms with Gasteiger partial charge in [0.1, 0.15) is 10.5 Å². The van der Waals surface area contributed by atoms with Crippen LogP contribution < -0.4 is 5.63 Å². The van der Waals surface area contributed by atoms with E-state index in [9.17, 15) is 13.6 Å². The van der Waals surface area contributed by atoms with Crippen LogP contribution in [0.4, 0.5) is 0 Å². The Balaban J connectivity index is 2.84. The number of hydrogen-bond acceptors (Lipinski definition) is 4. The van der Waals surface area contributed by atoms with Gasteiger partial charge in [-0.2, -0.15) is 0 Å². The fourth-order valence-electron chi connectivity index (χ4n) is 1.16. The molecule has 2 aromatic rings. The second-order valence-corrected chi connectivity index (χ2v) is 3.58. The molecule has 72 valence electrons. The van der Waals surface area contributed by atoms with E-state index < -0.39 is 16.7 Å². The first-order valence-electron chi connectivity index (χ1n) is 3.80. The number of fused-ring (bicyclic) bond motifs is 1. The summed E-state index contributed by atoms with van der Waals surface area (Å²) in [6.45, 7) is 0. The highest BCUT2D eigenvalue weighted by atomic mass is 32.2. The first-order valence-corrected chi connectivity index (χ1v) is 4.88. The van der Waals surface area contributed by atoms with Gasteiger partial charge in [-0.3, -0.25) is 4.21 Å². The highest BCUT2D eigenvalue weighted by Gasteiger charge is 2.04. The summed E-state index contributed by atoms with van der Waals surface area (Å²) in [5.41, 5.74) is -0.455. The first kappa shape index (κ1) is 9.11. The van der Waals surface area contributed by atoms with Crippen molar-refractivity contribution in [3.05, 3.63) is 40.8 Å². The molecule has 0 saturated heterocycles. The van der Waals surface area contributed by atoms with Crippen LogP contribution in [0.1, 0.15) is 0 Å². The van der Waals surface area contributed by atoms with Crippen molar-refractivity contribution >= 4 is 22.0 Å². The third-order valence-corrected chi connectivity index (χ3v) is 2.43. The normalized spacial score (nSPS) is 12.9. The van der Waals surface area contributed by atoms with Crippen molar-refractivity contribution in [1.82, 2.24) is 0 Å². The zero-order valence-corrected chi connectivity index (χ0v) is 7.74. The number of hydrogen-bond donors (Lipinski definition) is 0. The van der Waals surface area contributed by atoms with Crippen LogP contribution in [0.3, 0.4) is 0 Å². The lowest BCUT2D eigenvalue weighted by Gasteiger charge is -2.03. The highest BCUT2D eigenvalue weighted by Crippen LogP contribution is 2.13. The Morgan fingerprint density at radius 2 is 2.00 bits per heavy atom. The monoisotopic (exact) mass is 209 g/mol. The minimum atomic E-state index is -2.55. The number of benzene rings is 1. The smallest absolute Gasteiger partial charge is 0.351 e. The largest absolute Gasteiger partial charge is 0.768 e. The van der Waals surface area contributed by atoms with Gasteiger partial charge < -0.3 is 8.97 Å². The van der Waals surface area contributed by atoms with Crippen LogP contribution in [0.5, 0.6) is 0 Å². The second kappa shape index (κ2) is 3.36. The number of para-hydroxylation sites is 1. The van der Waals surface area contributed by atoms with Gasteiger partial charge in [-0.1, -0.05) is 18.2 Å². The minimum Gasteiger partial charge on any atom is -0.768 e.